The monoisotopic (exact) mass is 814 g/mol. The Morgan fingerprint density at radius 3 is 2.39 bits per heavy atom. The Balaban J connectivity index is 1.28. The number of sulfonamides is 1. The maximum Gasteiger partial charge on any atom is 0.408 e. The molecule has 308 valence electrons. The van der Waals surface area contributed by atoms with Crippen molar-refractivity contribution < 1.29 is 50.6 Å². The van der Waals surface area contributed by atoms with Gasteiger partial charge in [-0.15, -0.1) is 6.58 Å². The molecule has 0 radical (unpaired) electrons. The first-order chi connectivity index (χ1) is 26.7. The molecule has 2 aliphatic heterocycles. The normalized spacial score (nSPS) is 32.3. The van der Waals surface area contributed by atoms with Crippen LogP contribution in [-0.2, 0) is 39.8 Å². The largest absolute Gasteiger partial charge is 0.468 e. The molecule has 7 rings (SSSR count). The van der Waals surface area contributed by atoms with Crippen LogP contribution in [0.4, 0.5) is 13.6 Å². The first-order valence-electron chi connectivity index (χ1n) is 19.2. The van der Waals surface area contributed by atoms with Crippen molar-refractivity contribution in [1.82, 2.24) is 30.2 Å². The topological polar surface area (TPSA) is 195 Å². The highest BCUT2D eigenvalue weighted by Crippen LogP contribution is 2.46. The minimum Gasteiger partial charge on any atom is -0.468 e. The van der Waals surface area contributed by atoms with E-state index in [4.69, 9.17) is 14.2 Å². The lowest BCUT2D eigenvalue weighted by molar-refractivity contribution is -0.143. The summed E-state index contributed by atoms with van der Waals surface area (Å²) in [6.45, 7) is 9.86. The molecular weight excluding hydrogens is 767 g/mol. The number of hydrogen-bond acceptors (Lipinski definition) is 11. The summed E-state index contributed by atoms with van der Waals surface area (Å²) in [5, 5.41) is 4.71. The molecule has 0 spiro atoms. The van der Waals surface area contributed by atoms with Crippen molar-refractivity contribution >= 4 is 44.9 Å². The number of aromatic nitrogens is 2. The lowest BCUT2D eigenvalue weighted by Gasteiger charge is -2.36. The van der Waals surface area contributed by atoms with Crippen molar-refractivity contribution in [2.24, 2.45) is 11.3 Å². The molecule has 3 saturated carbocycles. The van der Waals surface area contributed by atoms with Crippen LogP contribution in [0.2, 0.25) is 0 Å². The predicted octanol–water partition coefficient (Wildman–Crippen LogP) is 3.78. The van der Waals surface area contributed by atoms with Crippen LogP contribution in [0.5, 0.6) is 5.88 Å². The summed E-state index contributed by atoms with van der Waals surface area (Å²) in [4.78, 5) is 66.2. The van der Waals surface area contributed by atoms with Crippen LogP contribution in [-0.4, -0.2) is 101 Å². The molecule has 18 heteroatoms. The lowest BCUT2D eigenvalue weighted by Crippen LogP contribution is -2.60. The Kier molecular flexibility index (Phi) is 10.4. The third-order valence-corrected chi connectivity index (χ3v) is 13.1. The molecule has 57 heavy (non-hydrogen) atoms. The second-order valence-electron chi connectivity index (χ2n) is 17.0. The van der Waals surface area contributed by atoms with Gasteiger partial charge in [-0.05, 0) is 69.1 Å². The van der Waals surface area contributed by atoms with Gasteiger partial charge in [-0.3, -0.25) is 19.1 Å². The number of rotatable bonds is 6. The summed E-state index contributed by atoms with van der Waals surface area (Å²) >= 11 is 0. The molecule has 4 fully saturated rings. The van der Waals surface area contributed by atoms with Gasteiger partial charge in [0.25, 0.3) is 5.91 Å². The van der Waals surface area contributed by atoms with Crippen LogP contribution in [0.1, 0.15) is 78.3 Å². The summed E-state index contributed by atoms with van der Waals surface area (Å²) in [7, 11) is -3.99. The zero-order valence-electron chi connectivity index (χ0n) is 32.3. The molecule has 7 atom stereocenters. The number of alkyl halides is 2. The first kappa shape index (κ1) is 40.5. The molecule has 5 aliphatic rings. The number of alkyl carbamates (subject to hydrolysis) is 1. The Labute approximate surface area is 329 Å². The molecule has 3 N–H and O–H groups in total. The fraction of sp³-hybridized carbons (Fsp3) is 0.590. The number of fused-ring (bicyclic) bond motifs is 5. The van der Waals surface area contributed by atoms with Gasteiger partial charge in [0, 0.05) is 12.3 Å². The summed E-state index contributed by atoms with van der Waals surface area (Å²) < 4.78 is 78.0. The van der Waals surface area contributed by atoms with E-state index in [1.807, 2.05) is 0 Å². The third-order valence-electron chi connectivity index (χ3n) is 11.3. The molecule has 2 aromatic rings. The quantitative estimate of drug-likeness (QED) is 0.360. The SMILES string of the molecule is C=C[C@@H]1C[C@]1(NC(=O)[C@@H]1C[C@]2(C)CN1C(=O)[C@H](C(C)(C)C)NC(=O)O[C@@H]1CCC[C@H]1OC/C=C\C(F)(F)c1nc3ccccc3nc1O2)C(=O)NS(=O)(=O)C1CC1. The number of allylic oxidation sites excluding steroid dienone is 1. The van der Waals surface area contributed by atoms with Crippen molar-refractivity contribution in [3.05, 3.63) is 54.8 Å². The van der Waals surface area contributed by atoms with Gasteiger partial charge in [-0.1, -0.05) is 45.1 Å². The van der Waals surface area contributed by atoms with E-state index in [0.717, 1.165) is 6.08 Å². The molecule has 2 bridgehead atoms. The van der Waals surface area contributed by atoms with Gasteiger partial charge < -0.3 is 29.7 Å². The molecule has 1 aromatic heterocycles. The van der Waals surface area contributed by atoms with Crippen molar-refractivity contribution in [1.29, 1.82) is 0 Å². The van der Waals surface area contributed by atoms with Gasteiger partial charge in [-0.25, -0.2) is 23.2 Å². The van der Waals surface area contributed by atoms with Gasteiger partial charge in [0.2, 0.25) is 27.7 Å². The number of nitrogens with one attached hydrogen (secondary N) is 3. The highest BCUT2D eigenvalue weighted by atomic mass is 32.2. The van der Waals surface area contributed by atoms with E-state index in [1.54, 1.807) is 39.0 Å². The number of benzene rings is 1. The number of amides is 4. The van der Waals surface area contributed by atoms with Gasteiger partial charge >= 0.3 is 12.0 Å². The number of carbonyl (C=O) groups is 4. The number of para-hydroxylation sites is 2. The molecule has 1 aromatic carbocycles. The van der Waals surface area contributed by atoms with Crippen LogP contribution < -0.4 is 20.1 Å². The van der Waals surface area contributed by atoms with E-state index in [1.165, 1.54) is 24.0 Å². The highest BCUT2D eigenvalue weighted by molar-refractivity contribution is 7.91. The van der Waals surface area contributed by atoms with E-state index < -0.39 is 103 Å². The fourth-order valence-corrected chi connectivity index (χ4v) is 9.26. The van der Waals surface area contributed by atoms with Crippen LogP contribution in [0.3, 0.4) is 0 Å². The van der Waals surface area contributed by atoms with Crippen LogP contribution in [0, 0.1) is 11.3 Å². The second-order valence-corrected chi connectivity index (χ2v) is 19.0. The summed E-state index contributed by atoms with van der Waals surface area (Å²) in [6.07, 6.45) is 3.22. The minimum atomic E-state index is -3.99. The number of carbonyl (C=O) groups excluding carboxylic acids is 4. The van der Waals surface area contributed by atoms with Gasteiger partial charge in [0.15, 0.2) is 5.69 Å². The highest BCUT2D eigenvalue weighted by Gasteiger charge is 2.62. The molecule has 3 aliphatic carbocycles. The van der Waals surface area contributed by atoms with Crippen molar-refractivity contribution in [2.45, 2.75) is 119 Å². The third kappa shape index (κ3) is 8.20. The minimum absolute atomic E-state index is 0.0468. The summed E-state index contributed by atoms with van der Waals surface area (Å²) in [5.41, 5.74) is -4.56. The Morgan fingerprint density at radius 1 is 1.05 bits per heavy atom. The summed E-state index contributed by atoms with van der Waals surface area (Å²) in [6, 6.07) is 3.75. The van der Waals surface area contributed by atoms with Gasteiger partial charge in [-0.2, -0.15) is 8.78 Å². The molecule has 1 saturated heterocycles. The molecule has 3 heterocycles. The van der Waals surface area contributed by atoms with E-state index >= 15 is 8.78 Å². The van der Waals surface area contributed by atoms with Crippen molar-refractivity contribution in [3.63, 3.8) is 0 Å². The summed E-state index contributed by atoms with van der Waals surface area (Å²) in [5.74, 6) is -7.35. The van der Waals surface area contributed by atoms with Crippen LogP contribution in [0.15, 0.2) is 49.1 Å². The number of halogens is 2. The second kappa shape index (κ2) is 14.6. The first-order valence-corrected chi connectivity index (χ1v) is 20.7. The van der Waals surface area contributed by atoms with Crippen molar-refractivity contribution in [3.8, 4) is 5.88 Å². The number of ether oxygens (including phenoxy) is 3. The fourth-order valence-electron chi connectivity index (χ4n) is 7.89. The Hall–Kier alpha value is -4.71. The zero-order valence-corrected chi connectivity index (χ0v) is 33.1. The average molecular weight is 815 g/mol. The molecule has 15 nitrogen and oxygen atoms in total. The number of hydrogen-bond donors (Lipinski definition) is 3. The smallest absolute Gasteiger partial charge is 0.408 e. The van der Waals surface area contributed by atoms with Crippen LogP contribution >= 0.6 is 0 Å². The van der Waals surface area contributed by atoms with Crippen LogP contribution in [0.25, 0.3) is 11.0 Å². The zero-order chi connectivity index (χ0) is 41.1. The Morgan fingerprint density at radius 2 is 1.74 bits per heavy atom. The number of nitrogens with zero attached hydrogens (tertiary/aromatic N) is 3. The average Bonchev–Trinajstić information content (AvgIpc) is 4.04. The maximum atomic E-state index is 16.2. The maximum absolute atomic E-state index is 16.2. The van der Waals surface area contributed by atoms with E-state index in [-0.39, 0.29) is 37.0 Å². The van der Waals surface area contributed by atoms with Gasteiger partial charge in [0.1, 0.15) is 29.3 Å². The van der Waals surface area contributed by atoms with Gasteiger partial charge in [0.05, 0.1) is 35.5 Å². The Bertz CT molecular complexity index is 2130. The lowest BCUT2D eigenvalue weighted by atomic mass is 9.85. The molecular formula is C39H48F2N6O9S. The molecule has 0 unspecified atom stereocenters. The van der Waals surface area contributed by atoms with E-state index in [2.05, 4.69) is 31.9 Å². The standard InChI is InChI=1S/C39H48F2N6O9S/c1-6-22-19-38(22,34(50)46-57(52,53)23-15-16-23)45-31(48)26-20-37(5)21-47(26)33(49)30(36(2,3)4)44-35(51)55-28-14-9-13-27(28)54-18-10-17-39(40,41)29-32(56-37)43-25-12-8-7-11-24(25)42-29/h6-8,10-12,17,22-23,26-28,30H,1,9,13-16,18-21H2,2-5H3,(H,44,51)(H,45,48)(H,46,50)/b17-10-/t22-,26+,27-,28-,30-,37-,38-/m1/s1. The van der Waals surface area contributed by atoms with E-state index in [9.17, 15) is 27.6 Å². The van der Waals surface area contributed by atoms with E-state index in [0.29, 0.717) is 38.2 Å². The van der Waals surface area contributed by atoms with Crippen molar-refractivity contribution in [2.75, 3.05) is 13.2 Å². The molecule has 4 amide bonds. The predicted molar refractivity (Wildman–Crippen MR) is 201 cm³/mol.